The average Bonchev–Trinajstić information content (AvgIpc) is 2.29. The Labute approximate surface area is 111 Å². The van der Waals surface area contributed by atoms with Crippen LogP contribution < -0.4 is 15.8 Å². The van der Waals surface area contributed by atoms with Gasteiger partial charge in [-0.15, -0.1) is 0 Å². The van der Waals surface area contributed by atoms with Crippen LogP contribution in [0.25, 0.3) is 0 Å². The van der Waals surface area contributed by atoms with Gasteiger partial charge in [0.05, 0.1) is 6.26 Å². The summed E-state index contributed by atoms with van der Waals surface area (Å²) in [5.41, 5.74) is 6.14. The van der Waals surface area contributed by atoms with E-state index < -0.39 is 21.7 Å². The first-order chi connectivity index (χ1) is 8.70. The van der Waals surface area contributed by atoms with Gasteiger partial charge in [0.15, 0.2) is 0 Å². The van der Waals surface area contributed by atoms with Crippen molar-refractivity contribution < 1.29 is 17.6 Å². The van der Waals surface area contributed by atoms with E-state index in [1.165, 1.54) is 13.0 Å². The molecule has 1 amide bonds. The molecule has 1 aromatic carbocycles. The Bertz CT molecular complexity index is 564. The van der Waals surface area contributed by atoms with Crippen molar-refractivity contribution in [2.45, 2.75) is 6.92 Å². The third kappa shape index (κ3) is 4.84. The maximum absolute atomic E-state index is 13.4. The van der Waals surface area contributed by atoms with Gasteiger partial charge in [-0.3, -0.25) is 4.79 Å². The van der Waals surface area contributed by atoms with E-state index in [1.54, 1.807) is 0 Å². The molecule has 0 saturated carbocycles. The monoisotopic (exact) mass is 289 g/mol. The van der Waals surface area contributed by atoms with Crippen LogP contribution in [0.5, 0.6) is 0 Å². The highest BCUT2D eigenvalue weighted by Gasteiger charge is 2.10. The van der Waals surface area contributed by atoms with Gasteiger partial charge in [0, 0.05) is 29.9 Å². The fourth-order valence-electron chi connectivity index (χ4n) is 1.35. The molecule has 0 radical (unpaired) electrons. The van der Waals surface area contributed by atoms with Crippen molar-refractivity contribution in [3.05, 3.63) is 29.1 Å². The highest BCUT2D eigenvalue weighted by molar-refractivity contribution is 7.88. The van der Waals surface area contributed by atoms with Crippen molar-refractivity contribution in [3.8, 4) is 0 Å². The zero-order chi connectivity index (χ0) is 14.6. The van der Waals surface area contributed by atoms with E-state index in [1.807, 2.05) is 0 Å². The summed E-state index contributed by atoms with van der Waals surface area (Å²) in [6, 6.07) is 2.46. The van der Waals surface area contributed by atoms with Crippen molar-refractivity contribution in [1.29, 1.82) is 0 Å². The second-order valence-electron chi connectivity index (χ2n) is 4.09. The number of amides is 1. The second kappa shape index (κ2) is 5.98. The quantitative estimate of drug-likeness (QED) is 0.524. The van der Waals surface area contributed by atoms with Crippen LogP contribution in [0.1, 0.15) is 15.9 Å². The van der Waals surface area contributed by atoms with Crippen LogP contribution in [0.15, 0.2) is 12.1 Å². The Kier molecular flexibility index (Phi) is 4.84. The standard InChI is InChI=1S/C11H16FN3O3S/c1-7-9(12)5-8(6-10(7)13)11(16)14-3-4-15-19(2,17)18/h5-6,15H,3-4,13H2,1-2H3,(H,14,16). The summed E-state index contributed by atoms with van der Waals surface area (Å²) in [6.45, 7) is 1.68. The lowest BCUT2D eigenvalue weighted by Gasteiger charge is -2.08. The van der Waals surface area contributed by atoms with Gasteiger partial charge in [-0.05, 0) is 19.1 Å². The van der Waals surface area contributed by atoms with E-state index in [9.17, 15) is 17.6 Å². The largest absolute Gasteiger partial charge is 0.398 e. The van der Waals surface area contributed by atoms with E-state index in [-0.39, 0.29) is 29.9 Å². The normalized spacial score (nSPS) is 11.3. The van der Waals surface area contributed by atoms with Gasteiger partial charge in [-0.25, -0.2) is 17.5 Å². The lowest BCUT2D eigenvalue weighted by Crippen LogP contribution is -2.34. The lowest BCUT2D eigenvalue weighted by atomic mass is 10.1. The zero-order valence-electron chi connectivity index (χ0n) is 10.7. The smallest absolute Gasteiger partial charge is 0.251 e. The van der Waals surface area contributed by atoms with Crippen LogP contribution in [0.3, 0.4) is 0 Å². The SMILES string of the molecule is Cc1c(N)cc(C(=O)NCCNS(C)(=O)=O)cc1F. The minimum atomic E-state index is -3.29. The van der Waals surface area contributed by atoms with E-state index in [2.05, 4.69) is 10.0 Å². The number of benzene rings is 1. The fourth-order valence-corrected chi connectivity index (χ4v) is 1.82. The molecule has 1 rings (SSSR count). The maximum Gasteiger partial charge on any atom is 0.251 e. The highest BCUT2D eigenvalue weighted by atomic mass is 32.2. The number of nitrogens with one attached hydrogen (secondary N) is 2. The predicted octanol–water partition coefficient (Wildman–Crippen LogP) is -0.00468. The molecule has 0 saturated heterocycles. The topological polar surface area (TPSA) is 101 Å². The summed E-state index contributed by atoms with van der Waals surface area (Å²) in [6.07, 6.45) is 1.02. The van der Waals surface area contributed by atoms with Crippen LogP contribution in [0.4, 0.5) is 10.1 Å². The number of nitrogens with two attached hydrogens (primary N) is 1. The number of carbonyl (C=O) groups excluding carboxylic acids is 1. The summed E-state index contributed by atoms with van der Waals surface area (Å²) in [5.74, 6) is -1.07. The predicted molar refractivity (Wildman–Crippen MR) is 70.7 cm³/mol. The summed E-state index contributed by atoms with van der Waals surface area (Å²) < 4.78 is 37.2. The van der Waals surface area contributed by atoms with Crippen molar-refractivity contribution in [2.75, 3.05) is 25.1 Å². The highest BCUT2D eigenvalue weighted by Crippen LogP contribution is 2.17. The number of hydrogen-bond donors (Lipinski definition) is 3. The molecule has 0 aliphatic carbocycles. The molecule has 0 aromatic heterocycles. The van der Waals surface area contributed by atoms with Crippen molar-refractivity contribution >= 4 is 21.6 Å². The number of carbonyl (C=O) groups is 1. The molecular weight excluding hydrogens is 273 g/mol. The first-order valence-corrected chi connectivity index (χ1v) is 7.38. The molecule has 1 aromatic rings. The number of anilines is 1. The van der Waals surface area contributed by atoms with Gasteiger partial charge in [0.2, 0.25) is 10.0 Å². The number of hydrogen-bond acceptors (Lipinski definition) is 4. The zero-order valence-corrected chi connectivity index (χ0v) is 11.5. The average molecular weight is 289 g/mol. The van der Waals surface area contributed by atoms with Gasteiger partial charge in [0.25, 0.3) is 5.91 Å². The van der Waals surface area contributed by atoms with E-state index >= 15 is 0 Å². The van der Waals surface area contributed by atoms with E-state index in [4.69, 9.17) is 5.73 Å². The Morgan fingerprint density at radius 2 is 2.00 bits per heavy atom. The van der Waals surface area contributed by atoms with Crippen LogP contribution in [-0.4, -0.2) is 33.7 Å². The van der Waals surface area contributed by atoms with Gasteiger partial charge < -0.3 is 11.1 Å². The maximum atomic E-state index is 13.4. The third-order valence-corrected chi connectivity index (χ3v) is 3.15. The van der Waals surface area contributed by atoms with Crippen LogP contribution in [0.2, 0.25) is 0 Å². The molecule has 8 heteroatoms. The number of rotatable bonds is 5. The molecular formula is C11H16FN3O3S. The van der Waals surface area contributed by atoms with Gasteiger partial charge >= 0.3 is 0 Å². The van der Waals surface area contributed by atoms with Gasteiger partial charge in [-0.2, -0.15) is 0 Å². The molecule has 0 aliphatic rings. The molecule has 6 nitrogen and oxygen atoms in total. The minimum Gasteiger partial charge on any atom is -0.398 e. The van der Waals surface area contributed by atoms with Crippen molar-refractivity contribution in [3.63, 3.8) is 0 Å². The summed E-state index contributed by atoms with van der Waals surface area (Å²) in [7, 11) is -3.29. The van der Waals surface area contributed by atoms with Crippen molar-refractivity contribution in [2.24, 2.45) is 0 Å². The molecule has 0 spiro atoms. The molecule has 0 fully saturated rings. The Morgan fingerprint density at radius 1 is 1.37 bits per heavy atom. The van der Waals surface area contributed by atoms with Gasteiger partial charge in [0.1, 0.15) is 5.82 Å². The molecule has 0 heterocycles. The first-order valence-electron chi connectivity index (χ1n) is 5.49. The molecule has 0 atom stereocenters. The number of halogens is 1. The Morgan fingerprint density at radius 3 is 2.53 bits per heavy atom. The summed E-state index contributed by atoms with van der Waals surface area (Å²) >= 11 is 0. The Hall–Kier alpha value is -1.67. The molecule has 0 unspecified atom stereocenters. The van der Waals surface area contributed by atoms with E-state index in [0.717, 1.165) is 12.3 Å². The molecule has 106 valence electrons. The van der Waals surface area contributed by atoms with E-state index in [0.29, 0.717) is 0 Å². The summed E-state index contributed by atoms with van der Waals surface area (Å²) in [4.78, 5) is 11.7. The molecule has 4 N–H and O–H groups in total. The first kappa shape index (κ1) is 15.4. The fraction of sp³-hybridized carbons (Fsp3) is 0.364. The van der Waals surface area contributed by atoms with Crippen LogP contribution >= 0.6 is 0 Å². The minimum absolute atomic E-state index is 0.0639. The van der Waals surface area contributed by atoms with Crippen LogP contribution in [0, 0.1) is 12.7 Å². The number of sulfonamides is 1. The molecule has 0 bridgehead atoms. The number of nitrogen functional groups attached to an aromatic ring is 1. The second-order valence-corrected chi connectivity index (χ2v) is 5.93. The third-order valence-electron chi connectivity index (χ3n) is 2.42. The van der Waals surface area contributed by atoms with Crippen molar-refractivity contribution in [1.82, 2.24) is 10.0 Å². The summed E-state index contributed by atoms with van der Waals surface area (Å²) in [5, 5.41) is 2.46. The van der Waals surface area contributed by atoms with Gasteiger partial charge in [-0.1, -0.05) is 0 Å². The van der Waals surface area contributed by atoms with Crippen LogP contribution in [-0.2, 0) is 10.0 Å². The molecule has 19 heavy (non-hydrogen) atoms. The molecule has 0 aliphatic heterocycles. The Balaban J connectivity index is 2.60. The lowest BCUT2D eigenvalue weighted by molar-refractivity contribution is 0.0954.